The van der Waals surface area contributed by atoms with Crippen molar-refractivity contribution in [2.75, 3.05) is 18.5 Å². The van der Waals surface area contributed by atoms with Crippen LogP contribution in [0.25, 0.3) is 0 Å². The maximum atomic E-state index is 11.4. The van der Waals surface area contributed by atoms with Gasteiger partial charge in [0.1, 0.15) is 10.8 Å². The smallest absolute Gasteiger partial charge is 0.285 e. The number of nitrogens with one attached hydrogen (secondary N) is 2. The van der Waals surface area contributed by atoms with Crippen molar-refractivity contribution >= 4 is 17.3 Å². The summed E-state index contributed by atoms with van der Waals surface area (Å²) in [6.45, 7) is 1.38. The first-order valence-electron chi connectivity index (χ1n) is 6.44. The van der Waals surface area contributed by atoms with E-state index in [1.54, 1.807) is 0 Å². The molecule has 1 atom stereocenters. The second-order valence-electron chi connectivity index (χ2n) is 4.68. The Morgan fingerprint density at radius 3 is 3.20 bits per heavy atom. The van der Waals surface area contributed by atoms with Crippen molar-refractivity contribution in [2.45, 2.75) is 12.3 Å². The van der Waals surface area contributed by atoms with Gasteiger partial charge in [0.15, 0.2) is 0 Å². The van der Waals surface area contributed by atoms with E-state index in [4.69, 9.17) is 16.3 Å². The molecule has 0 saturated heterocycles. The zero-order chi connectivity index (χ0) is 13.9. The molecule has 1 aliphatic heterocycles. The third-order valence-corrected chi connectivity index (χ3v) is 3.79. The summed E-state index contributed by atoms with van der Waals surface area (Å²) >= 11 is 5.94. The molecule has 1 unspecified atom stereocenters. The van der Waals surface area contributed by atoms with Gasteiger partial charge in [-0.25, -0.2) is 5.10 Å². The van der Waals surface area contributed by atoms with E-state index in [-0.39, 0.29) is 10.6 Å². The maximum absolute atomic E-state index is 11.4. The molecule has 5 nitrogen and oxygen atoms in total. The van der Waals surface area contributed by atoms with E-state index in [2.05, 4.69) is 21.6 Å². The van der Waals surface area contributed by atoms with Gasteiger partial charge in [0.05, 0.1) is 18.5 Å². The summed E-state index contributed by atoms with van der Waals surface area (Å²) in [5.41, 5.74) is 1.35. The summed E-state index contributed by atoms with van der Waals surface area (Å²) in [5, 5.41) is 9.37. The lowest BCUT2D eigenvalue weighted by atomic mass is 9.93. The van der Waals surface area contributed by atoms with Crippen LogP contribution in [0, 0.1) is 0 Å². The van der Waals surface area contributed by atoms with E-state index < -0.39 is 0 Å². The molecule has 0 fully saturated rings. The molecule has 1 aromatic carbocycles. The number of fused-ring (bicyclic) bond motifs is 1. The fraction of sp³-hybridized carbons (Fsp3) is 0.286. The maximum Gasteiger partial charge on any atom is 0.285 e. The van der Waals surface area contributed by atoms with Gasteiger partial charge in [0, 0.05) is 12.5 Å². The van der Waals surface area contributed by atoms with Crippen LogP contribution in [0.15, 0.2) is 35.3 Å². The first-order valence-corrected chi connectivity index (χ1v) is 6.82. The molecular weight excluding hydrogens is 278 g/mol. The first-order chi connectivity index (χ1) is 9.75. The molecule has 2 aromatic rings. The molecule has 1 aliphatic rings. The van der Waals surface area contributed by atoms with E-state index >= 15 is 0 Å². The molecule has 0 radical (unpaired) electrons. The van der Waals surface area contributed by atoms with E-state index in [1.807, 2.05) is 18.2 Å². The van der Waals surface area contributed by atoms with Gasteiger partial charge >= 0.3 is 0 Å². The number of H-pyrrole nitrogens is 1. The van der Waals surface area contributed by atoms with Gasteiger partial charge in [-0.15, -0.1) is 0 Å². The van der Waals surface area contributed by atoms with Gasteiger partial charge < -0.3 is 10.1 Å². The molecule has 0 spiro atoms. The molecule has 2 N–H and O–H groups in total. The summed E-state index contributed by atoms with van der Waals surface area (Å²) in [4.78, 5) is 11.4. The van der Waals surface area contributed by atoms with E-state index in [1.165, 1.54) is 11.8 Å². The standard InChI is InChI=1S/C14H14ClN3O2/c15-13-11(8-17-18-14(13)19)16-7-9-5-6-20-12-4-2-1-3-10(9)12/h1-4,8-9H,5-7H2,(H2,16,18,19). The van der Waals surface area contributed by atoms with Gasteiger partial charge in [-0.2, -0.15) is 5.10 Å². The van der Waals surface area contributed by atoms with Crippen molar-refractivity contribution in [3.05, 3.63) is 51.4 Å². The van der Waals surface area contributed by atoms with Gasteiger partial charge in [-0.1, -0.05) is 29.8 Å². The van der Waals surface area contributed by atoms with E-state index in [0.717, 1.165) is 12.2 Å². The molecule has 0 aliphatic carbocycles. The lowest BCUT2D eigenvalue weighted by Crippen LogP contribution is -2.21. The Bertz CT molecular complexity index is 671. The zero-order valence-electron chi connectivity index (χ0n) is 10.7. The quantitative estimate of drug-likeness (QED) is 0.911. The Morgan fingerprint density at radius 1 is 1.45 bits per heavy atom. The molecule has 2 heterocycles. The Morgan fingerprint density at radius 2 is 2.30 bits per heavy atom. The monoisotopic (exact) mass is 291 g/mol. The minimum Gasteiger partial charge on any atom is -0.493 e. The normalized spacial score (nSPS) is 17.1. The van der Waals surface area contributed by atoms with Crippen LogP contribution in [0.4, 0.5) is 5.69 Å². The van der Waals surface area contributed by atoms with Crippen molar-refractivity contribution in [1.29, 1.82) is 0 Å². The Balaban J connectivity index is 1.77. The molecule has 1 aromatic heterocycles. The largest absolute Gasteiger partial charge is 0.493 e. The number of benzene rings is 1. The number of anilines is 1. The molecule has 0 bridgehead atoms. The second-order valence-corrected chi connectivity index (χ2v) is 5.06. The SMILES string of the molecule is O=c1[nH]ncc(NCC2CCOc3ccccc32)c1Cl. The van der Waals surface area contributed by atoms with E-state index in [0.29, 0.717) is 24.8 Å². The Kier molecular flexibility index (Phi) is 3.60. The molecule has 104 valence electrons. The van der Waals surface area contributed by atoms with Crippen LogP contribution in [0.1, 0.15) is 17.9 Å². The number of aromatic nitrogens is 2. The van der Waals surface area contributed by atoms with Crippen LogP contribution >= 0.6 is 11.6 Å². The molecule has 20 heavy (non-hydrogen) atoms. The van der Waals surface area contributed by atoms with Crippen LogP contribution in [0.5, 0.6) is 5.75 Å². The number of nitrogens with zero attached hydrogens (tertiary/aromatic N) is 1. The molecule has 6 heteroatoms. The van der Waals surface area contributed by atoms with Crippen LogP contribution in [0.3, 0.4) is 0 Å². The summed E-state index contributed by atoms with van der Waals surface area (Å²) < 4.78 is 5.63. The highest BCUT2D eigenvalue weighted by molar-refractivity contribution is 6.32. The van der Waals surface area contributed by atoms with Crippen molar-refractivity contribution < 1.29 is 4.74 Å². The highest BCUT2D eigenvalue weighted by Gasteiger charge is 2.21. The summed E-state index contributed by atoms with van der Waals surface area (Å²) in [6.07, 6.45) is 2.45. The summed E-state index contributed by atoms with van der Waals surface area (Å²) in [6, 6.07) is 8.01. The zero-order valence-corrected chi connectivity index (χ0v) is 11.5. The van der Waals surface area contributed by atoms with E-state index in [9.17, 15) is 4.79 Å². The third kappa shape index (κ3) is 2.49. The Labute approximate surface area is 120 Å². The molecule has 3 rings (SSSR count). The van der Waals surface area contributed by atoms with Crippen molar-refractivity contribution in [3.63, 3.8) is 0 Å². The van der Waals surface area contributed by atoms with Crippen LogP contribution in [0.2, 0.25) is 5.02 Å². The number of aromatic amines is 1. The van der Waals surface area contributed by atoms with Crippen LogP contribution in [-0.2, 0) is 0 Å². The van der Waals surface area contributed by atoms with Crippen molar-refractivity contribution in [3.8, 4) is 5.75 Å². The van der Waals surface area contributed by atoms with Crippen LogP contribution in [-0.4, -0.2) is 23.3 Å². The third-order valence-electron chi connectivity index (χ3n) is 3.42. The minimum atomic E-state index is -0.385. The number of rotatable bonds is 3. The molecule has 0 amide bonds. The van der Waals surface area contributed by atoms with Crippen molar-refractivity contribution in [1.82, 2.24) is 10.2 Å². The Hall–Kier alpha value is -2.01. The predicted octanol–water partition coefficient (Wildman–Crippen LogP) is 2.40. The summed E-state index contributed by atoms with van der Waals surface area (Å²) in [7, 11) is 0. The van der Waals surface area contributed by atoms with Gasteiger partial charge in [-0.3, -0.25) is 4.79 Å². The fourth-order valence-electron chi connectivity index (χ4n) is 2.37. The topological polar surface area (TPSA) is 67.0 Å². The second kappa shape index (κ2) is 5.54. The first kappa shape index (κ1) is 13.0. The van der Waals surface area contributed by atoms with Gasteiger partial charge in [0.25, 0.3) is 5.56 Å². The average molecular weight is 292 g/mol. The summed E-state index contributed by atoms with van der Waals surface area (Å²) in [5.74, 6) is 1.26. The predicted molar refractivity (Wildman–Crippen MR) is 77.7 cm³/mol. The fourth-order valence-corrected chi connectivity index (χ4v) is 2.53. The van der Waals surface area contributed by atoms with Gasteiger partial charge in [-0.05, 0) is 18.1 Å². The minimum absolute atomic E-state index is 0.139. The van der Waals surface area contributed by atoms with Crippen LogP contribution < -0.4 is 15.6 Å². The molecule has 0 saturated carbocycles. The highest BCUT2D eigenvalue weighted by atomic mass is 35.5. The number of hydrogen-bond acceptors (Lipinski definition) is 4. The number of para-hydroxylation sites is 1. The van der Waals surface area contributed by atoms with Gasteiger partial charge in [0.2, 0.25) is 0 Å². The average Bonchev–Trinajstić information content (AvgIpc) is 2.49. The molecular formula is C14H14ClN3O2. The number of ether oxygens (including phenoxy) is 1. The van der Waals surface area contributed by atoms with Crippen molar-refractivity contribution in [2.24, 2.45) is 0 Å². The number of halogens is 1. The lowest BCUT2D eigenvalue weighted by Gasteiger charge is -2.26. The number of hydrogen-bond donors (Lipinski definition) is 2. The highest BCUT2D eigenvalue weighted by Crippen LogP contribution is 2.33. The lowest BCUT2D eigenvalue weighted by molar-refractivity contribution is 0.270.